The molecule has 2 aromatic rings. The Morgan fingerprint density at radius 2 is 2.20 bits per heavy atom. The molecular weight excluding hydrogens is 340 g/mol. The molecule has 2 fully saturated rings. The fraction of sp³-hybridized carbons (Fsp3) is 0.389. The molecule has 6 nitrogen and oxygen atoms in total. The molecular formula is C18H19ClN4O2. The standard InChI is InChI=1S/C18H19ClN4O2/c1-21-16-11-22(8-5-12(16)9-17(21)24)18(25)14-10-13(3-4-15(14)19)23-7-2-6-20-23/h2-4,6-7,10,12,16H,5,8-9,11H2,1H3/t12-,16-/m1/s1. The molecule has 2 aliphatic heterocycles. The van der Waals surface area contributed by atoms with Gasteiger partial charge in [-0.2, -0.15) is 5.10 Å². The van der Waals surface area contributed by atoms with Crippen LogP contribution in [0.5, 0.6) is 0 Å². The second-order valence-corrected chi connectivity index (χ2v) is 7.10. The van der Waals surface area contributed by atoms with Crippen molar-refractivity contribution >= 4 is 23.4 Å². The number of hydrogen-bond donors (Lipinski definition) is 0. The number of nitrogens with zero attached hydrogens (tertiary/aromatic N) is 4. The van der Waals surface area contributed by atoms with Crippen LogP contribution in [0.1, 0.15) is 23.2 Å². The summed E-state index contributed by atoms with van der Waals surface area (Å²) in [7, 11) is 1.83. The normalized spacial score (nSPS) is 23.0. The molecule has 1 aromatic heterocycles. The maximum absolute atomic E-state index is 13.0. The summed E-state index contributed by atoms with van der Waals surface area (Å²) >= 11 is 6.29. The van der Waals surface area contributed by atoms with Crippen LogP contribution in [0.3, 0.4) is 0 Å². The van der Waals surface area contributed by atoms with Crippen LogP contribution in [0.25, 0.3) is 5.69 Å². The molecule has 2 aliphatic rings. The van der Waals surface area contributed by atoms with E-state index in [1.54, 1.807) is 27.9 Å². The minimum atomic E-state index is -0.0924. The third-order valence-electron chi connectivity index (χ3n) is 5.29. The number of likely N-dealkylation sites (N-methyl/N-ethyl adjacent to an activating group) is 1. The molecule has 130 valence electrons. The lowest BCUT2D eigenvalue weighted by Gasteiger charge is -2.37. The zero-order chi connectivity index (χ0) is 17.6. The fourth-order valence-corrected chi connectivity index (χ4v) is 4.00. The second-order valence-electron chi connectivity index (χ2n) is 6.69. The summed E-state index contributed by atoms with van der Waals surface area (Å²) in [6.45, 7) is 1.22. The Balaban J connectivity index is 1.59. The highest BCUT2D eigenvalue weighted by molar-refractivity contribution is 6.33. The van der Waals surface area contributed by atoms with Crippen LogP contribution in [0.2, 0.25) is 5.02 Å². The van der Waals surface area contributed by atoms with Gasteiger partial charge in [0.15, 0.2) is 0 Å². The van der Waals surface area contributed by atoms with Crippen LogP contribution < -0.4 is 0 Å². The minimum Gasteiger partial charge on any atom is -0.341 e. The highest BCUT2D eigenvalue weighted by atomic mass is 35.5. The van der Waals surface area contributed by atoms with Gasteiger partial charge >= 0.3 is 0 Å². The molecule has 0 N–H and O–H groups in total. The number of benzene rings is 1. The van der Waals surface area contributed by atoms with E-state index in [9.17, 15) is 9.59 Å². The van der Waals surface area contributed by atoms with E-state index in [0.29, 0.717) is 36.0 Å². The smallest absolute Gasteiger partial charge is 0.255 e. The van der Waals surface area contributed by atoms with E-state index in [1.165, 1.54) is 0 Å². The van der Waals surface area contributed by atoms with Crippen molar-refractivity contribution in [3.8, 4) is 5.69 Å². The molecule has 0 saturated carbocycles. The van der Waals surface area contributed by atoms with Crippen LogP contribution in [-0.4, -0.2) is 57.6 Å². The van der Waals surface area contributed by atoms with Crippen LogP contribution in [0.15, 0.2) is 36.7 Å². The number of amides is 2. The lowest BCUT2D eigenvalue weighted by molar-refractivity contribution is -0.127. The van der Waals surface area contributed by atoms with E-state index in [0.717, 1.165) is 12.1 Å². The monoisotopic (exact) mass is 358 g/mol. The SMILES string of the molecule is CN1C(=O)C[C@H]2CCN(C(=O)c3cc(-n4cccn4)ccc3Cl)C[C@H]21. The fourth-order valence-electron chi connectivity index (χ4n) is 3.81. The highest BCUT2D eigenvalue weighted by Gasteiger charge is 2.42. The van der Waals surface area contributed by atoms with Crippen LogP contribution in [0.4, 0.5) is 0 Å². The van der Waals surface area contributed by atoms with Gasteiger partial charge in [0.2, 0.25) is 5.91 Å². The van der Waals surface area contributed by atoms with E-state index in [4.69, 9.17) is 11.6 Å². The van der Waals surface area contributed by atoms with E-state index < -0.39 is 0 Å². The Kier molecular flexibility index (Phi) is 4.00. The predicted octanol–water partition coefficient (Wildman–Crippen LogP) is 2.22. The van der Waals surface area contributed by atoms with Crippen LogP contribution >= 0.6 is 11.6 Å². The molecule has 4 rings (SSSR count). The molecule has 0 unspecified atom stereocenters. The number of likely N-dealkylation sites (tertiary alicyclic amines) is 2. The molecule has 7 heteroatoms. The van der Waals surface area contributed by atoms with Crippen molar-refractivity contribution in [3.05, 3.63) is 47.2 Å². The zero-order valence-electron chi connectivity index (χ0n) is 13.9. The van der Waals surface area contributed by atoms with Gasteiger partial charge in [-0.15, -0.1) is 0 Å². The average molecular weight is 359 g/mol. The molecule has 0 spiro atoms. The summed E-state index contributed by atoms with van der Waals surface area (Å²) in [5.74, 6) is 0.431. The minimum absolute atomic E-state index is 0.0924. The number of halogens is 1. The quantitative estimate of drug-likeness (QED) is 0.827. The summed E-state index contributed by atoms with van der Waals surface area (Å²) in [5, 5.41) is 4.62. The van der Waals surface area contributed by atoms with Gasteiger partial charge in [0.05, 0.1) is 22.3 Å². The molecule has 3 heterocycles. The molecule has 0 aliphatic carbocycles. The zero-order valence-corrected chi connectivity index (χ0v) is 14.7. The summed E-state index contributed by atoms with van der Waals surface area (Å²) in [4.78, 5) is 28.5. The first-order valence-electron chi connectivity index (χ1n) is 8.39. The molecule has 2 amide bonds. The Morgan fingerprint density at radius 3 is 2.96 bits per heavy atom. The number of hydrogen-bond acceptors (Lipinski definition) is 3. The van der Waals surface area contributed by atoms with Gasteiger partial charge < -0.3 is 9.80 Å². The van der Waals surface area contributed by atoms with Crippen LogP contribution in [-0.2, 0) is 4.79 Å². The van der Waals surface area contributed by atoms with Crippen molar-refractivity contribution in [1.29, 1.82) is 0 Å². The Morgan fingerprint density at radius 1 is 1.36 bits per heavy atom. The van der Waals surface area contributed by atoms with Crippen LogP contribution in [0, 0.1) is 5.92 Å². The van der Waals surface area contributed by atoms with Crippen molar-refractivity contribution < 1.29 is 9.59 Å². The van der Waals surface area contributed by atoms with Gasteiger partial charge in [0, 0.05) is 39.0 Å². The number of carbonyl (C=O) groups excluding carboxylic acids is 2. The lowest BCUT2D eigenvalue weighted by Crippen LogP contribution is -2.49. The summed E-state index contributed by atoms with van der Waals surface area (Å²) < 4.78 is 1.70. The number of aromatic nitrogens is 2. The van der Waals surface area contributed by atoms with Gasteiger partial charge in [-0.3, -0.25) is 9.59 Å². The molecule has 0 radical (unpaired) electrons. The largest absolute Gasteiger partial charge is 0.341 e. The first kappa shape index (κ1) is 16.1. The van der Waals surface area contributed by atoms with E-state index in [2.05, 4.69) is 5.10 Å². The first-order chi connectivity index (χ1) is 12.0. The summed E-state index contributed by atoms with van der Waals surface area (Å²) in [5.41, 5.74) is 1.26. The van der Waals surface area contributed by atoms with Crippen molar-refractivity contribution in [2.24, 2.45) is 5.92 Å². The second kappa shape index (κ2) is 6.19. The number of piperidine rings is 1. The van der Waals surface area contributed by atoms with E-state index >= 15 is 0 Å². The van der Waals surface area contributed by atoms with Gasteiger partial charge in [0.25, 0.3) is 5.91 Å². The maximum atomic E-state index is 13.0. The summed E-state index contributed by atoms with van der Waals surface area (Å²) in [6, 6.07) is 7.27. The van der Waals surface area contributed by atoms with Gasteiger partial charge in [-0.1, -0.05) is 11.6 Å². The third kappa shape index (κ3) is 2.80. The van der Waals surface area contributed by atoms with Crippen molar-refractivity contribution in [1.82, 2.24) is 19.6 Å². The average Bonchev–Trinajstić information content (AvgIpc) is 3.24. The van der Waals surface area contributed by atoms with Crippen molar-refractivity contribution in [3.63, 3.8) is 0 Å². The lowest BCUT2D eigenvalue weighted by atomic mass is 9.92. The molecule has 2 saturated heterocycles. The highest BCUT2D eigenvalue weighted by Crippen LogP contribution is 2.32. The first-order valence-corrected chi connectivity index (χ1v) is 8.77. The molecule has 2 atom stereocenters. The van der Waals surface area contributed by atoms with Gasteiger partial charge in [-0.05, 0) is 36.6 Å². The number of rotatable bonds is 2. The molecule has 25 heavy (non-hydrogen) atoms. The number of fused-ring (bicyclic) bond motifs is 1. The Bertz CT molecular complexity index is 820. The van der Waals surface area contributed by atoms with Gasteiger partial charge in [0.1, 0.15) is 0 Å². The van der Waals surface area contributed by atoms with Crippen molar-refractivity contribution in [2.75, 3.05) is 20.1 Å². The van der Waals surface area contributed by atoms with E-state index in [1.807, 2.05) is 30.3 Å². The van der Waals surface area contributed by atoms with Crippen molar-refractivity contribution in [2.45, 2.75) is 18.9 Å². The Labute approximate surface area is 151 Å². The van der Waals surface area contributed by atoms with E-state index in [-0.39, 0.29) is 17.9 Å². The number of carbonyl (C=O) groups is 2. The maximum Gasteiger partial charge on any atom is 0.255 e. The molecule has 1 aromatic carbocycles. The predicted molar refractivity (Wildman–Crippen MR) is 93.8 cm³/mol. The molecule has 0 bridgehead atoms. The third-order valence-corrected chi connectivity index (χ3v) is 5.62. The Hall–Kier alpha value is -2.34. The summed E-state index contributed by atoms with van der Waals surface area (Å²) in [6.07, 6.45) is 4.96. The van der Waals surface area contributed by atoms with Gasteiger partial charge in [-0.25, -0.2) is 4.68 Å². The topological polar surface area (TPSA) is 58.4 Å².